The fourth-order valence-corrected chi connectivity index (χ4v) is 2.39. The smallest absolute Gasteiger partial charge is 0.325 e. The second-order valence-electron chi connectivity index (χ2n) is 6.14. The predicted octanol–water partition coefficient (Wildman–Crippen LogP) is 4.47. The van der Waals surface area contributed by atoms with Crippen LogP contribution in [0.15, 0.2) is 48.5 Å². The highest BCUT2D eigenvalue weighted by Crippen LogP contribution is 2.29. The molecule has 0 aliphatic heterocycles. The number of anilines is 1. The lowest BCUT2D eigenvalue weighted by Gasteiger charge is -2.24. The molecule has 0 aliphatic rings. The number of hydrogen-bond donors (Lipinski definition) is 1. The number of likely N-dealkylation sites (N-methyl/N-ethyl adjacent to an activating group) is 1. The average molecular weight is 350 g/mol. The van der Waals surface area contributed by atoms with Crippen molar-refractivity contribution < 1.29 is 18.0 Å². The number of amides is 1. The molecule has 25 heavy (non-hydrogen) atoms. The zero-order valence-corrected chi connectivity index (χ0v) is 14.4. The number of aryl methyl sites for hydroxylation is 1. The van der Waals surface area contributed by atoms with Crippen molar-refractivity contribution in [2.24, 2.45) is 0 Å². The van der Waals surface area contributed by atoms with Gasteiger partial charge in [-0.05, 0) is 56.3 Å². The Kier molecular flexibility index (Phi) is 5.85. The topological polar surface area (TPSA) is 32.3 Å². The molecule has 1 atom stereocenters. The quantitative estimate of drug-likeness (QED) is 0.863. The van der Waals surface area contributed by atoms with Gasteiger partial charge in [0.2, 0.25) is 5.91 Å². The van der Waals surface area contributed by atoms with Crippen LogP contribution in [0.5, 0.6) is 0 Å². The first-order valence-corrected chi connectivity index (χ1v) is 7.91. The highest BCUT2D eigenvalue weighted by atomic mass is 19.4. The lowest BCUT2D eigenvalue weighted by molar-refractivity contribution is -0.137. The summed E-state index contributed by atoms with van der Waals surface area (Å²) in [7, 11) is 1.76. The number of nitrogens with one attached hydrogen (secondary N) is 1. The Hall–Kier alpha value is -2.34. The Balaban J connectivity index is 1.97. The zero-order valence-electron chi connectivity index (χ0n) is 14.4. The minimum Gasteiger partial charge on any atom is -0.325 e. The summed E-state index contributed by atoms with van der Waals surface area (Å²) in [6.07, 6.45) is -4.34. The Morgan fingerprint density at radius 1 is 1.16 bits per heavy atom. The minimum absolute atomic E-state index is 0.167. The third kappa shape index (κ3) is 5.32. The van der Waals surface area contributed by atoms with E-state index in [1.807, 2.05) is 31.2 Å². The summed E-state index contributed by atoms with van der Waals surface area (Å²) in [6, 6.07) is 12.0. The van der Waals surface area contributed by atoms with Gasteiger partial charge in [0.15, 0.2) is 0 Å². The second kappa shape index (κ2) is 7.70. The van der Waals surface area contributed by atoms with Crippen LogP contribution < -0.4 is 5.32 Å². The molecule has 0 radical (unpaired) electrons. The van der Waals surface area contributed by atoms with Gasteiger partial charge in [0.1, 0.15) is 0 Å². The highest BCUT2D eigenvalue weighted by molar-refractivity contribution is 5.94. The molecule has 0 aliphatic carbocycles. The van der Waals surface area contributed by atoms with E-state index < -0.39 is 17.8 Å². The van der Waals surface area contributed by atoms with Gasteiger partial charge < -0.3 is 5.32 Å². The molecule has 0 heterocycles. The van der Waals surface area contributed by atoms with E-state index in [4.69, 9.17) is 0 Å². The maximum absolute atomic E-state index is 12.6. The van der Waals surface area contributed by atoms with Gasteiger partial charge in [-0.15, -0.1) is 0 Å². The largest absolute Gasteiger partial charge is 0.416 e. The fourth-order valence-electron chi connectivity index (χ4n) is 2.39. The van der Waals surface area contributed by atoms with Crippen LogP contribution in [0.4, 0.5) is 18.9 Å². The van der Waals surface area contributed by atoms with Gasteiger partial charge in [-0.1, -0.05) is 24.3 Å². The molecule has 0 saturated carbocycles. The van der Waals surface area contributed by atoms with Gasteiger partial charge in [0, 0.05) is 12.2 Å². The van der Waals surface area contributed by atoms with Crippen molar-refractivity contribution in [3.05, 3.63) is 65.2 Å². The Bertz CT molecular complexity index is 726. The fraction of sp³-hybridized carbons (Fsp3) is 0.316. The predicted molar refractivity (Wildman–Crippen MR) is 92.2 cm³/mol. The molecule has 3 nitrogen and oxygen atoms in total. The van der Waals surface area contributed by atoms with Crippen LogP contribution in [0, 0.1) is 6.92 Å². The first-order chi connectivity index (χ1) is 11.7. The van der Waals surface area contributed by atoms with Crippen molar-refractivity contribution in [2.45, 2.75) is 32.6 Å². The number of halogens is 3. The van der Waals surface area contributed by atoms with Crippen LogP contribution in [0.25, 0.3) is 0 Å². The average Bonchev–Trinajstić information content (AvgIpc) is 2.53. The number of carbonyl (C=O) groups is 1. The monoisotopic (exact) mass is 350 g/mol. The van der Waals surface area contributed by atoms with Crippen LogP contribution >= 0.6 is 0 Å². The zero-order chi connectivity index (χ0) is 18.6. The molecule has 1 amide bonds. The third-order valence-corrected chi connectivity index (χ3v) is 4.04. The summed E-state index contributed by atoms with van der Waals surface area (Å²) < 4.78 is 37.8. The molecule has 2 rings (SSSR count). The highest BCUT2D eigenvalue weighted by Gasteiger charge is 2.30. The van der Waals surface area contributed by atoms with E-state index >= 15 is 0 Å². The van der Waals surface area contributed by atoms with Gasteiger partial charge in [-0.3, -0.25) is 9.69 Å². The summed E-state index contributed by atoms with van der Waals surface area (Å²) >= 11 is 0. The van der Waals surface area contributed by atoms with E-state index in [1.165, 1.54) is 12.1 Å². The molecule has 0 bridgehead atoms. The Morgan fingerprint density at radius 2 is 1.80 bits per heavy atom. The van der Waals surface area contributed by atoms with Gasteiger partial charge in [-0.2, -0.15) is 13.2 Å². The molecule has 0 aromatic heterocycles. The number of alkyl halides is 3. The van der Waals surface area contributed by atoms with E-state index in [0.717, 1.165) is 23.4 Å². The van der Waals surface area contributed by atoms with Crippen LogP contribution in [0.1, 0.15) is 23.6 Å². The van der Waals surface area contributed by atoms with E-state index in [1.54, 1.807) is 18.9 Å². The molecule has 2 aromatic rings. The van der Waals surface area contributed by atoms with Gasteiger partial charge in [0.05, 0.1) is 11.6 Å². The van der Waals surface area contributed by atoms with Gasteiger partial charge in [-0.25, -0.2) is 0 Å². The van der Waals surface area contributed by atoms with Crippen molar-refractivity contribution in [3.63, 3.8) is 0 Å². The normalized spacial score (nSPS) is 12.9. The van der Waals surface area contributed by atoms with Crippen molar-refractivity contribution in [3.8, 4) is 0 Å². The van der Waals surface area contributed by atoms with Crippen LogP contribution in [0.3, 0.4) is 0 Å². The van der Waals surface area contributed by atoms with Gasteiger partial charge >= 0.3 is 6.18 Å². The van der Waals surface area contributed by atoms with Crippen molar-refractivity contribution in [1.29, 1.82) is 0 Å². The van der Waals surface area contributed by atoms with E-state index in [2.05, 4.69) is 5.32 Å². The first kappa shape index (κ1) is 19.0. The SMILES string of the molecule is Cc1cccc(NC(=O)C(C)N(C)Cc2ccc(C(F)(F)F)cc2)c1. The Morgan fingerprint density at radius 3 is 2.36 bits per heavy atom. The number of rotatable bonds is 5. The van der Waals surface area contributed by atoms with E-state index in [0.29, 0.717) is 12.1 Å². The van der Waals surface area contributed by atoms with Crippen LogP contribution in [0.2, 0.25) is 0 Å². The van der Waals surface area contributed by atoms with Gasteiger partial charge in [0.25, 0.3) is 0 Å². The van der Waals surface area contributed by atoms with E-state index in [9.17, 15) is 18.0 Å². The molecule has 2 aromatic carbocycles. The summed E-state index contributed by atoms with van der Waals surface area (Å²) in [6.45, 7) is 4.07. The van der Waals surface area contributed by atoms with Crippen LogP contribution in [-0.4, -0.2) is 23.9 Å². The number of carbonyl (C=O) groups excluding carboxylic acids is 1. The standard InChI is InChI=1S/C19H21F3N2O/c1-13-5-4-6-17(11-13)23-18(25)14(2)24(3)12-15-7-9-16(10-8-15)19(20,21)22/h4-11,14H,12H2,1-3H3,(H,23,25). The van der Waals surface area contributed by atoms with Crippen molar-refractivity contribution in [2.75, 3.05) is 12.4 Å². The molecule has 0 spiro atoms. The van der Waals surface area contributed by atoms with E-state index in [-0.39, 0.29) is 5.91 Å². The van der Waals surface area contributed by atoms with Crippen molar-refractivity contribution in [1.82, 2.24) is 4.90 Å². The Labute approximate surface area is 145 Å². The molecule has 1 unspecified atom stereocenters. The van der Waals surface area contributed by atoms with Crippen molar-refractivity contribution >= 4 is 11.6 Å². The molecular weight excluding hydrogens is 329 g/mol. The molecule has 134 valence electrons. The second-order valence-corrected chi connectivity index (χ2v) is 6.14. The molecule has 0 saturated heterocycles. The lowest BCUT2D eigenvalue weighted by Crippen LogP contribution is -2.39. The summed E-state index contributed by atoms with van der Waals surface area (Å²) in [5.41, 5.74) is 1.80. The maximum Gasteiger partial charge on any atom is 0.416 e. The molecule has 1 N–H and O–H groups in total. The molecule has 0 fully saturated rings. The minimum atomic E-state index is -4.34. The summed E-state index contributed by atoms with van der Waals surface area (Å²) in [5, 5.41) is 2.85. The number of nitrogens with zero attached hydrogens (tertiary/aromatic N) is 1. The first-order valence-electron chi connectivity index (χ1n) is 7.91. The number of benzene rings is 2. The third-order valence-electron chi connectivity index (χ3n) is 4.04. The summed E-state index contributed by atoms with van der Waals surface area (Å²) in [4.78, 5) is 14.1. The van der Waals surface area contributed by atoms with Crippen LogP contribution in [-0.2, 0) is 17.5 Å². The lowest BCUT2D eigenvalue weighted by atomic mass is 10.1. The molecular formula is C19H21F3N2O. The maximum atomic E-state index is 12.6. The number of hydrogen-bond acceptors (Lipinski definition) is 2. The summed E-state index contributed by atoms with van der Waals surface area (Å²) in [5.74, 6) is -0.167. The molecule has 6 heteroatoms.